The van der Waals surface area contributed by atoms with Crippen molar-refractivity contribution in [2.24, 2.45) is 0 Å². The van der Waals surface area contributed by atoms with Crippen molar-refractivity contribution in [3.8, 4) is 5.75 Å². The minimum Gasteiger partial charge on any atom is -0.481 e. The number of hydrogen-bond donors (Lipinski definition) is 0. The van der Waals surface area contributed by atoms with Gasteiger partial charge < -0.3 is 24.0 Å². The normalized spacial score (nSPS) is 13.9. The highest BCUT2D eigenvalue weighted by Crippen LogP contribution is 2.25. The predicted octanol–water partition coefficient (Wildman–Crippen LogP) is 1.81. The molecule has 1 aliphatic heterocycles. The SMILES string of the molecule is CCOC(=O)N1CCN(C(=O)COC(=O)COc2ccc(F)cc2Br)CC1. The Balaban J connectivity index is 1.69. The van der Waals surface area contributed by atoms with Gasteiger partial charge >= 0.3 is 12.1 Å². The van der Waals surface area contributed by atoms with Crippen molar-refractivity contribution in [3.05, 3.63) is 28.5 Å². The number of carbonyl (C=O) groups excluding carboxylic acids is 3. The molecule has 0 unspecified atom stereocenters. The van der Waals surface area contributed by atoms with Gasteiger partial charge in [-0.05, 0) is 41.1 Å². The fraction of sp³-hybridized carbons (Fsp3) is 0.471. The summed E-state index contributed by atoms with van der Waals surface area (Å²) in [5, 5.41) is 0. The molecule has 1 aromatic rings. The quantitative estimate of drug-likeness (QED) is 0.619. The number of amides is 2. The second-order valence-electron chi connectivity index (χ2n) is 5.59. The fourth-order valence-corrected chi connectivity index (χ4v) is 2.82. The molecular weight excluding hydrogens is 427 g/mol. The largest absolute Gasteiger partial charge is 0.481 e. The van der Waals surface area contributed by atoms with Crippen molar-refractivity contribution in [2.45, 2.75) is 6.92 Å². The molecule has 0 aromatic heterocycles. The van der Waals surface area contributed by atoms with Gasteiger partial charge in [0.15, 0.2) is 13.2 Å². The van der Waals surface area contributed by atoms with Crippen molar-refractivity contribution in [1.82, 2.24) is 9.80 Å². The molecule has 2 amide bonds. The summed E-state index contributed by atoms with van der Waals surface area (Å²) in [4.78, 5) is 38.5. The zero-order chi connectivity index (χ0) is 19.8. The van der Waals surface area contributed by atoms with E-state index in [2.05, 4.69) is 15.9 Å². The number of benzene rings is 1. The third-order valence-electron chi connectivity index (χ3n) is 3.75. The van der Waals surface area contributed by atoms with Crippen LogP contribution in [0.1, 0.15) is 6.92 Å². The van der Waals surface area contributed by atoms with Crippen LogP contribution in [0.4, 0.5) is 9.18 Å². The van der Waals surface area contributed by atoms with E-state index in [1.807, 2.05) is 0 Å². The van der Waals surface area contributed by atoms with Crippen LogP contribution in [-0.4, -0.2) is 73.8 Å². The van der Waals surface area contributed by atoms with E-state index in [9.17, 15) is 18.8 Å². The zero-order valence-corrected chi connectivity index (χ0v) is 16.4. The van der Waals surface area contributed by atoms with E-state index in [-0.39, 0.29) is 11.7 Å². The van der Waals surface area contributed by atoms with Gasteiger partial charge in [0, 0.05) is 26.2 Å². The highest BCUT2D eigenvalue weighted by molar-refractivity contribution is 9.10. The van der Waals surface area contributed by atoms with Gasteiger partial charge in [0.05, 0.1) is 11.1 Å². The molecule has 1 aliphatic rings. The Bertz CT molecular complexity index is 694. The summed E-state index contributed by atoms with van der Waals surface area (Å²) in [5.74, 6) is -1.22. The van der Waals surface area contributed by atoms with Gasteiger partial charge in [-0.15, -0.1) is 0 Å². The molecule has 10 heteroatoms. The summed E-state index contributed by atoms with van der Waals surface area (Å²) < 4.78 is 28.4. The molecule has 0 aliphatic carbocycles. The Hall–Kier alpha value is -2.36. The van der Waals surface area contributed by atoms with Gasteiger partial charge in [-0.3, -0.25) is 4.79 Å². The third-order valence-corrected chi connectivity index (χ3v) is 4.37. The predicted molar refractivity (Wildman–Crippen MR) is 95.7 cm³/mol. The van der Waals surface area contributed by atoms with E-state index in [0.29, 0.717) is 37.3 Å². The molecule has 1 fully saturated rings. The summed E-state index contributed by atoms with van der Waals surface area (Å²) in [6, 6.07) is 3.78. The number of ether oxygens (including phenoxy) is 3. The minimum absolute atomic E-state index is 0.287. The molecular formula is C17H20BrFN2O6. The molecule has 0 spiro atoms. The first-order valence-corrected chi connectivity index (χ1v) is 9.13. The summed E-state index contributed by atoms with van der Waals surface area (Å²) >= 11 is 3.12. The van der Waals surface area contributed by atoms with Crippen LogP contribution in [0.5, 0.6) is 5.75 Å². The lowest BCUT2D eigenvalue weighted by atomic mass is 10.3. The van der Waals surface area contributed by atoms with Crippen LogP contribution in [0.25, 0.3) is 0 Å². The Morgan fingerprint density at radius 2 is 1.74 bits per heavy atom. The van der Waals surface area contributed by atoms with Crippen molar-refractivity contribution in [3.63, 3.8) is 0 Å². The first-order chi connectivity index (χ1) is 12.9. The average molecular weight is 447 g/mol. The van der Waals surface area contributed by atoms with Crippen LogP contribution in [0.2, 0.25) is 0 Å². The molecule has 27 heavy (non-hydrogen) atoms. The molecule has 8 nitrogen and oxygen atoms in total. The fourth-order valence-electron chi connectivity index (χ4n) is 2.36. The first kappa shape index (κ1) is 20.9. The molecule has 1 heterocycles. The summed E-state index contributed by atoms with van der Waals surface area (Å²) in [6.45, 7) is 2.61. The highest BCUT2D eigenvalue weighted by Gasteiger charge is 2.25. The van der Waals surface area contributed by atoms with E-state index >= 15 is 0 Å². The van der Waals surface area contributed by atoms with Gasteiger partial charge in [-0.25, -0.2) is 14.0 Å². The monoisotopic (exact) mass is 446 g/mol. The minimum atomic E-state index is -0.718. The van der Waals surface area contributed by atoms with Crippen molar-refractivity contribution in [1.29, 1.82) is 0 Å². The topological polar surface area (TPSA) is 85.4 Å². The van der Waals surface area contributed by atoms with Gasteiger partial charge in [-0.2, -0.15) is 0 Å². The number of esters is 1. The maximum atomic E-state index is 13.0. The van der Waals surface area contributed by atoms with E-state index in [4.69, 9.17) is 14.2 Å². The molecule has 0 radical (unpaired) electrons. The lowest BCUT2D eigenvalue weighted by Gasteiger charge is -2.33. The van der Waals surface area contributed by atoms with Gasteiger partial charge in [0.2, 0.25) is 0 Å². The van der Waals surface area contributed by atoms with E-state index in [1.165, 1.54) is 28.0 Å². The van der Waals surface area contributed by atoms with Gasteiger partial charge in [-0.1, -0.05) is 0 Å². The van der Waals surface area contributed by atoms with Crippen LogP contribution in [-0.2, 0) is 19.1 Å². The van der Waals surface area contributed by atoms with E-state index in [1.54, 1.807) is 6.92 Å². The number of nitrogens with zero attached hydrogens (tertiary/aromatic N) is 2. The second kappa shape index (κ2) is 10.1. The standard InChI is InChI=1S/C17H20BrFN2O6/c1-2-25-17(24)21-7-5-20(6-8-21)15(22)10-27-16(23)11-26-14-4-3-12(19)9-13(14)18/h3-4,9H,2,5-8,10-11H2,1H3. The summed E-state index contributed by atoms with van der Waals surface area (Å²) in [5.41, 5.74) is 0. The maximum Gasteiger partial charge on any atom is 0.409 e. The van der Waals surface area contributed by atoms with Crippen LogP contribution in [0.15, 0.2) is 22.7 Å². The number of hydrogen-bond acceptors (Lipinski definition) is 6. The lowest BCUT2D eigenvalue weighted by molar-refractivity contribution is -0.154. The van der Waals surface area contributed by atoms with Crippen LogP contribution < -0.4 is 4.74 Å². The number of halogens is 2. The smallest absolute Gasteiger partial charge is 0.409 e. The maximum absolute atomic E-state index is 13.0. The Labute approximate surface area is 164 Å². The van der Waals surface area contributed by atoms with Crippen LogP contribution in [0, 0.1) is 5.82 Å². The molecule has 2 rings (SSSR count). The highest BCUT2D eigenvalue weighted by atomic mass is 79.9. The average Bonchev–Trinajstić information content (AvgIpc) is 2.65. The molecule has 0 atom stereocenters. The Morgan fingerprint density at radius 3 is 2.37 bits per heavy atom. The van der Waals surface area contributed by atoms with Crippen molar-refractivity contribution in [2.75, 3.05) is 46.0 Å². The number of carbonyl (C=O) groups is 3. The number of rotatable bonds is 6. The molecule has 0 N–H and O–H groups in total. The molecule has 1 saturated heterocycles. The second-order valence-corrected chi connectivity index (χ2v) is 6.45. The summed E-state index contributed by atoms with van der Waals surface area (Å²) in [7, 11) is 0. The third kappa shape index (κ3) is 6.38. The molecule has 1 aromatic carbocycles. The van der Waals surface area contributed by atoms with Crippen molar-refractivity contribution < 1.29 is 33.0 Å². The van der Waals surface area contributed by atoms with E-state index < -0.39 is 31.1 Å². The van der Waals surface area contributed by atoms with Gasteiger partial charge in [0.1, 0.15) is 11.6 Å². The molecule has 0 saturated carbocycles. The number of piperazine rings is 1. The molecule has 148 valence electrons. The Kier molecular flexibility index (Phi) is 7.83. The van der Waals surface area contributed by atoms with E-state index in [0.717, 1.165) is 0 Å². The van der Waals surface area contributed by atoms with Crippen LogP contribution >= 0.6 is 15.9 Å². The lowest BCUT2D eigenvalue weighted by Crippen LogP contribution is -2.51. The van der Waals surface area contributed by atoms with Gasteiger partial charge in [0.25, 0.3) is 5.91 Å². The zero-order valence-electron chi connectivity index (χ0n) is 14.8. The first-order valence-electron chi connectivity index (χ1n) is 8.33. The van der Waals surface area contributed by atoms with Crippen molar-refractivity contribution >= 4 is 33.9 Å². The summed E-state index contributed by atoms with van der Waals surface area (Å²) in [6.07, 6.45) is -0.403. The molecule has 0 bridgehead atoms. The van der Waals surface area contributed by atoms with Crippen LogP contribution in [0.3, 0.4) is 0 Å². The Morgan fingerprint density at radius 1 is 1.07 bits per heavy atom.